The lowest BCUT2D eigenvalue weighted by molar-refractivity contribution is 1.05. The van der Waals surface area contributed by atoms with E-state index in [-0.39, 0.29) is 0 Å². The molecule has 0 nitrogen and oxygen atoms in total. The molecular weight excluding hydrogens is 192 g/mol. The Kier molecular flexibility index (Phi) is 7.45. The van der Waals surface area contributed by atoms with Gasteiger partial charge in [-0.1, -0.05) is 85.1 Å². The highest BCUT2D eigenvalue weighted by atomic mass is 13.8. The molecular formula is C16H18. The van der Waals surface area contributed by atoms with Crippen LogP contribution in [0, 0.1) is 0 Å². The average molecular weight is 210 g/mol. The van der Waals surface area contributed by atoms with Gasteiger partial charge in [-0.3, -0.25) is 0 Å². The Labute approximate surface area is 98.4 Å². The van der Waals surface area contributed by atoms with Crippen molar-refractivity contribution in [2.24, 2.45) is 0 Å². The van der Waals surface area contributed by atoms with Gasteiger partial charge in [0.25, 0.3) is 0 Å². The molecule has 0 aliphatic heterocycles. The highest BCUT2D eigenvalue weighted by molar-refractivity contribution is 5.20. The first-order valence-corrected chi connectivity index (χ1v) is 5.65. The van der Waals surface area contributed by atoms with Crippen molar-refractivity contribution < 1.29 is 0 Å². The van der Waals surface area contributed by atoms with E-state index < -0.39 is 0 Å². The highest BCUT2D eigenvalue weighted by Gasteiger charge is 1.74. The maximum atomic E-state index is 2.18. The summed E-state index contributed by atoms with van der Waals surface area (Å²) in [6.07, 6.45) is 31.0. The van der Waals surface area contributed by atoms with Crippen LogP contribution in [-0.4, -0.2) is 0 Å². The highest BCUT2D eigenvalue weighted by Crippen LogP contribution is 1.94. The summed E-state index contributed by atoms with van der Waals surface area (Å²) in [7, 11) is 0. The molecule has 0 bridgehead atoms. The molecule has 16 heavy (non-hydrogen) atoms. The van der Waals surface area contributed by atoms with Gasteiger partial charge in [-0.15, -0.1) is 0 Å². The SMILES string of the molecule is C1=CCC\C=C/C=C/C=C/C=C\C=C\C=C\1. The second-order valence-electron chi connectivity index (χ2n) is 3.36. The van der Waals surface area contributed by atoms with Crippen LogP contribution in [0.2, 0.25) is 0 Å². The molecule has 0 aromatic rings. The van der Waals surface area contributed by atoms with Crippen molar-refractivity contribution in [1.82, 2.24) is 0 Å². The van der Waals surface area contributed by atoms with Gasteiger partial charge in [-0.25, -0.2) is 0 Å². The molecule has 82 valence electrons. The van der Waals surface area contributed by atoms with Gasteiger partial charge < -0.3 is 0 Å². The molecule has 0 amide bonds. The molecule has 1 aliphatic rings. The molecule has 1 rings (SSSR count). The first-order valence-electron chi connectivity index (χ1n) is 5.65. The smallest absolute Gasteiger partial charge is 0.0313 e. The summed E-state index contributed by atoms with van der Waals surface area (Å²) in [6, 6.07) is 0. The summed E-state index contributed by atoms with van der Waals surface area (Å²) < 4.78 is 0. The molecule has 0 saturated heterocycles. The van der Waals surface area contributed by atoms with Crippen LogP contribution in [0.25, 0.3) is 0 Å². The van der Waals surface area contributed by atoms with Gasteiger partial charge in [0.2, 0.25) is 0 Å². The Morgan fingerprint density at radius 3 is 0.875 bits per heavy atom. The summed E-state index contributed by atoms with van der Waals surface area (Å²) >= 11 is 0. The lowest BCUT2D eigenvalue weighted by Gasteiger charge is -1.84. The topological polar surface area (TPSA) is 0 Å². The van der Waals surface area contributed by atoms with E-state index in [0.29, 0.717) is 0 Å². The van der Waals surface area contributed by atoms with E-state index in [1.54, 1.807) is 0 Å². The van der Waals surface area contributed by atoms with Gasteiger partial charge >= 0.3 is 0 Å². The largest absolute Gasteiger partial charge is 0.0842 e. The zero-order valence-electron chi connectivity index (χ0n) is 9.50. The van der Waals surface area contributed by atoms with Crippen LogP contribution < -0.4 is 0 Å². The van der Waals surface area contributed by atoms with E-state index in [2.05, 4.69) is 36.5 Å². The maximum absolute atomic E-state index is 2.18. The van der Waals surface area contributed by atoms with Gasteiger partial charge in [-0.2, -0.15) is 0 Å². The van der Waals surface area contributed by atoms with Crippen molar-refractivity contribution in [3.8, 4) is 0 Å². The summed E-state index contributed by atoms with van der Waals surface area (Å²) in [6.45, 7) is 0. The fourth-order valence-corrected chi connectivity index (χ4v) is 1.18. The Hall–Kier alpha value is -1.82. The predicted octanol–water partition coefficient (Wildman–Crippen LogP) is 4.67. The van der Waals surface area contributed by atoms with Gasteiger partial charge in [0.05, 0.1) is 0 Å². The molecule has 0 N–H and O–H groups in total. The lowest BCUT2D eigenvalue weighted by atomic mass is 10.2. The lowest BCUT2D eigenvalue weighted by Crippen LogP contribution is -1.63. The zero-order valence-corrected chi connectivity index (χ0v) is 9.50. The van der Waals surface area contributed by atoms with E-state index in [4.69, 9.17) is 0 Å². The van der Waals surface area contributed by atoms with Crippen LogP contribution >= 0.6 is 0 Å². The van der Waals surface area contributed by atoms with Crippen LogP contribution in [-0.2, 0) is 0 Å². The number of rotatable bonds is 0. The summed E-state index contributed by atoms with van der Waals surface area (Å²) in [5.74, 6) is 0. The molecule has 0 radical (unpaired) electrons. The summed E-state index contributed by atoms with van der Waals surface area (Å²) in [5.41, 5.74) is 0. The first kappa shape index (κ1) is 12.3. The molecule has 0 fully saturated rings. The normalized spacial score (nSPS) is 29.0. The standard InChI is InChI=1S/C16H18/c1-2-4-6-8-10-12-14-16-15-13-11-9-7-5-3-1/h1-14H,15-16H2/b2-1-,5-3+,6-4+,9-7+,10-8+,13-11-,14-12?. The van der Waals surface area contributed by atoms with Crippen LogP contribution in [0.1, 0.15) is 12.8 Å². The molecule has 0 unspecified atom stereocenters. The third-order valence-corrected chi connectivity index (χ3v) is 1.99. The van der Waals surface area contributed by atoms with Crippen molar-refractivity contribution in [1.29, 1.82) is 0 Å². The molecule has 0 aromatic carbocycles. The molecule has 0 heteroatoms. The molecule has 0 aromatic heterocycles. The fraction of sp³-hybridized carbons (Fsp3) is 0.125. The monoisotopic (exact) mass is 210 g/mol. The first-order chi connectivity index (χ1) is 8.00. The number of allylic oxidation sites excluding steroid dienone is 14. The van der Waals surface area contributed by atoms with Crippen LogP contribution in [0.3, 0.4) is 0 Å². The van der Waals surface area contributed by atoms with Gasteiger partial charge in [-0.05, 0) is 12.8 Å². The van der Waals surface area contributed by atoms with Gasteiger partial charge in [0, 0.05) is 0 Å². The summed E-state index contributed by atoms with van der Waals surface area (Å²) in [4.78, 5) is 0. The van der Waals surface area contributed by atoms with E-state index in [1.807, 2.05) is 48.6 Å². The molecule has 1 aliphatic carbocycles. The minimum absolute atomic E-state index is 1.09. The van der Waals surface area contributed by atoms with Gasteiger partial charge in [0.1, 0.15) is 0 Å². The zero-order chi connectivity index (χ0) is 11.3. The number of hydrogen-bond donors (Lipinski definition) is 0. The summed E-state index contributed by atoms with van der Waals surface area (Å²) in [5, 5.41) is 0. The quantitative estimate of drug-likeness (QED) is 0.545. The van der Waals surface area contributed by atoms with Crippen LogP contribution in [0.5, 0.6) is 0 Å². The Bertz CT molecular complexity index is 321. The van der Waals surface area contributed by atoms with Gasteiger partial charge in [0.15, 0.2) is 0 Å². The van der Waals surface area contributed by atoms with Crippen LogP contribution in [0.4, 0.5) is 0 Å². The van der Waals surface area contributed by atoms with Crippen molar-refractivity contribution >= 4 is 0 Å². The molecule has 0 heterocycles. The predicted molar refractivity (Wildman–Crippen MR) is 73.2 cm³/mol. The molecule has 0 saturated carbocycles. The third kappa shape index (κ3) is 7.57. The van der Waals surface area contributed by atoms with Crippen LogP contribution in [0.15, 0.2) is 85.1 Å². The Balaban J connectivity index is 2.57. The molecule has 0 atom stereocenters. The Morgan fingerprint density at radius 2 is 0.562 bits per heavy atom. The van der Waals surface area contributed by atoms with E-state index in [1.165, 1.54) is 0 Å². The second-order valence-corrected chi connectivity index (χ2v) is 3.36. The van der Waals surface area contributed by atoms with Crippen molar-refractivity contribution in [3.63, 3.8) is 0 Å². The third-order valence-electron chi connectivity index (χ3n) is 1.99. The van der Waals surface area contributed by atoms with E-state index in [9.17, 15) is 0 Å². The van der Waals surface area contributed by atoms with Crippen molar-refractivity contribution in [3.05, 3.63) is 85.1 Å². The fourth-order valence-electron chi connectivity index (χ4n) is 1.18. The van der Waals surface area contributed by atoms with E-state index >= 15 is 0 Å². The maximum Gasteiger partial charge on any atom is -0.0313 e. The van der Waals surface area contributed by atoms with Crippen molar-refractivity contribution in [2.75, 3.05) is 0 Å². The van der Waals surface area contributed by atoms with Crippen molar-refractivity contribution in [2.45, 2.75) is 12.8 Å². The van der Waals surface area contributed by atoms with E-state index in [0.717, 1.165) is 12.8 Å². The average Bonchev–Trinajstić information content (AvgIpc) is 2.29. The second kappa shape index (κ2) is 9.72. The Morgan fingerprint density at radius 1 is 0.312 bits per heavy atom. The molecule has 0 spiro atoms. The number of hydrogen-bond acceptors (Lipinski definition) is 0. The minimum atomic E-state index is 1.09. The minimum Gasteiger partial charge on any atom is -0.0842 e.